The van der Waals surface area contributed by atoms with Crippen LogP contribution in [-0.4, -0.2) is 18.9 Å². The number of rotatable bonds is 5. The van der Waals surface area contributed by atoms with Gasteiger partial charge in [-0.15, -0.1) is 0 Å². The third-order valence-electron chi connectivity index (χ3n) is 2.85. The summed E-state index contributed by atoms with van der Waals surface area (Å²) in [4.78, 5) is 23.9. The summed E-state index contributed by atoms with van der Waals surface area (Å²) < 4.78 is 10.6. The van der Waals surface area contributed by atoms with Crippen molar-refractivity contribution in [1.29, 1.82) is 0 Å². The quantitative estimate of drug-likeness (QED) is 0.318. The molecule has 0 aliphatic rings. The average Bonchev–Trinajstić information content (AvgIpc) is 3.00. The first-order chi connectivity index (χ1) is 11.0. The van der Waals surface area contributed by atoms with Gasteiger partial charge in [0.25, 0.3) is 11.8 Å². The molecule has 23 heavy (non-hydrogen) atoms. The smallest absolute Gasteiger partial charge is 0.291 e. The van der Waals surface area contributed by atoms with Crippen LogP contribution in [0.4, 0.5) is 0 Å². The molecule has 0 aliphatic carbocycles. The van der Waals surface area contributed by atoms with Gasteiger partial charge < -0.3 is 14.5 Å². The molecule has 0 unspecified atom stereocenters. The van der Waals surface area contributed by atoms with Crippen molar-refractivity contribution in [3.63, 3.8) is 0 Å². The zero-order valence-corrected chi connectivity index (χ0v) is 13.7. The summed E-state index contributed by atoms with van der Waals surface area (Å²) in [5, 5.41) is 2.46. The van der Waals surface area contributed by atoms with Gasteiger partial charge in [-0.25, -0.2) is 5.84 Å². The van der Waals surface area contributed by atoms with Crippen molar-refractivity contribution >= 4 is 33.8 Å². The lowest BCUT2D eigenvalue weighted by atomic mass is 10.1. The zero-order chi connectivity index (χ0) is 16.8. The average molecular weight is 380 g/mol. The summed E-state index contributed by atoms with van der Waals surface area (Å²) in [5.41, 5.74) is 2.65. The van der Waals surface area contributed by atoms with E-state index in [0.29, 0.717) is 16.0 Å². The molecule has 0 radical (unpaired) electrons. The van der Waals surface area contributed by atoms with Crippen LogP contribution >= 0.6 is 15.9 Å². The molecule has 0 saturated heterocycles. The molecule has 4 N–H and O–H groups in total. The van der Waals surface area contributed by atoms with Crippen LogP contribution in [0.15, 0.2) is 51.2 Å². The Labute approximate surface area is 140 Å². The summed E-state index contributed by atoms with van der Waals surface area (Å²) in [5.74, 6) is 4.67. The largest absolute Gasteiger partial charge is 0.497 e. The summed E-state index contributed by atoms with van der Waals surface area (Å²) in [6.07, 6.45) is 1.48. The molecule has 7 nitrogen and oxygen atoms in total. The Morgan fingerprint density at radius 3 is 2.43 bits per heavy atom. The van der Waals surface area contributed by atoms with Crippen molar-refractivity contribution in [1.82, 2.24) is 10.7 Å². The van der Waals surface area contributed by atoms with Crippen LogP contribution < -0.4 is 21.3 Å². The maximum Gasteiger partial charge on any atom is 0.291 e. The summed E-state index contributed by atoms with van der Waals surface area (Å²) in [6, 6.07) is 9.98. The van der Waals surface area contributed by atoms with Crippen molar-refractivity contribution in [2.75, 3.05) is 7.11 Å². The van der Waals surface area contributed by atoms with Crippen LogP contribution in [0.2, 0.25) is 0 Å². The fraction of sp³-hybridized carbons (Fsp3) is 0.0667. The van der Waals surface area contributed by atoms with E-state index in [-0.39, 0.29) is 11.5 Å². The standard InChI is InChI=1S/C15H14BrN3O4/c1-22-10-4-2-9(3-5-10)8-11(14(20)19-17)18-15(21)12-6-7-13(16)23-12/h2-8H,17H2,1H3,(H,18,21)(H,19,20)/b11-8-. The molecule has 2 aromatic rings. The number of carbonyl (C=O) groups excluding carboxylic acids is 2. The van der Waals surface area contributed by atoms with Crippen LogP contribution in [0.25, 0.3) is 6.08 Å². The number of benzene rings is 1. The molecule has 2 rings (SSSR count). The minimum absolute atomic E-state index is 0.0183. The van der Waals surface area contributed by atoms with Crippen molar-refractivity contribution < 1.29 is 18.7 Å². The molecule has 1 heterocycles. The van der Waals surface area contributed by atoms with E-state index in [1.54, 1.807) is 37.4 Å². The van der Waals surface area contributed by atoms with Gasteiger partial charge in [0.15, 0.2) is 10.4 Å². The Kier molecular flexibility index (Phi) is 5.56. The predicted molar refractivity (Wildman–Crippen MR) is 87.2 cm³/mol. The number of nitrogens with one attached hydrogen (secondary N) is 2. The fourth-order valence-corrected chi connectivity index (χ4v) is 2.03. The number of ether oxygens (including phenoxy) is 1. The van der Waals surface area contributed by atoms with Crippen LogP contribution in [0, 0.1) is 0 Å². The minimum atomic E-state index is -0.639. The van der Waals surface area contributed by atoms with E-state index >= 15 is 0 Å². The molecule has 1 aromatic heterocycles. The number of methoxy groups -OCH3 is 1. The molecule has 0 spiro atoms. The summed E-state index contributed by atoms with van der Waals surface area (Å²) >= 11 is 3.10. The fourth-order valence-electron chi connectivity index (χ4n) is 1.72. The molecular formula is C15H14BrN3O4. The van der Waals surface area contributed by atoms with E-state index in [0.717, 1.165) is 0 Å². The Bertz CT molecular complexity index is 737. The molecule has 1 aromatic carbocycles. The first-order valence-electron chi connectivity index (χ1n) is 6.47. The van der Waals surface area contributed by atoms with Gasteiger partial charge in [0, 0.05) is 0 Å². The third-order valence-corrected chi connectivity index (χ3v) is 3.27. The SMILES string of the molecule is COc1ccc(/C=C(\NC(=O)c2ccc(Br)o2)C(=O)NN)cc1. The molecule has 0 aliphatic heterocycles. The highest BCUT2D eigenvalue weighted by atomic mass is 79.9. The van der Waals surface area contributed by atoms with Crippen molar-refractivity contribution in [2.24, 2.45) is 5.84 Å². The zero-order valence-electron chi connectivity index (χ0n) is 12.1. The number of hydrazine groups is 1. The van der Waals surface area contributed by atoms with Crippen LogP contribution in [0.5, 0.6) is 5.75 Å². The lowest BCUT2D eigenvalue weighted by Crippen LogP contribution is -2.38. The normalized spacial score (nSPS) is 11.0. The van der Waals surface area contributed by atoms with Crippen molar-refractivity contribution in [3.8, 4) is 5.75 Å². The number of hydrogen-bond acceptors (Lipinski definition) is 5. The van der Waals surface area contributed by atoms with E-state index in [2.05, 4.69) is 21.2 Å². The van der Waals surface area contributed by atoms with Gasteiger partial charge in [0.1, 0.15) is 11.4 Å². The number of nitrogens with two attached hydrogens (primary N) is 1. The van der Waals surface area contributed by atoms with E-state index in [4.69, 9.17) is 15.0 Å². The van der Waals surface area contributed by atoms with Gasteiger partial charge >= 0.3 is 0 Å². The van der Waals surface area contributed by atoms with Gasteiger partial charge in [-0.1, -0.05) is 12.1 Å². The molecule has 0 saturated carbocycles. The number of furan rings is 1. The van der Waals surface area contributed by atoms with Crippen LogP contribution in [0.1, 0.15) is 16.1 Å². The maximum absolute atomic E-state index is 12.1. The lowest BCUT2D eigenvalue weighted by molar-refractivity contribution is -0.117. The van der Waals surface area contributed by atoms with Crippen LogP contribution in [0.3, 0.4) is 0 Å². The number of carbonyl (C=O) groups is 2. The van der Waals surface area contributed by atoms with E-state index in [1.165, 1.54) is 12.1 Å². The number of hydrogen-bond donors (Lipinski definition) is 3. The molecule has 2 amide bonds. The number of amides is 2. The molecule has 8 heteroatoms. The second-order valence-corrected chi connectivity index (χ2v) is 5.14. The van der Waals surface area contributed by atoms with Gasteiger partial charge in [0.2, 0.25) is 0 Å². The first kappa shape index (κ1) is 16.8. The Morgan fingerprint density at radius 2 is 1.91 bits per heavy atom. The third kappa shape index (κ3) is 4.44. The maximum atomic E-state index is 12.1. The molecule has 0 bridgehead atoms. The predicted octanol–water partition coefficient (Wildman–Crippen LogP) is 1.81. The second-order valence-electron chi connectivity index (χ2n) is 4.36. The van der Waals surface area contributed by atoms with Crippen molar-refractivity contribution in [3.05, 3.63) is 58.1 Å². The van der Waals surface area contributed by atoms with Gasteiger partial charge in [-0.2, -0.15) is 0 Å². The lowest BCUT2D eigenvalue weighted by Gasteiger charge is -2.08. The summed E-state index contributed by atoms with van der Waals surface area (Å²) in [7, 11) is 1.56. The minimum Gasteiger partial charge on any atom is -0.497 e. The molecular weight excluding hydrogens is 366 g/mol. The number of halogens is 1. The first-order valence-corrected chi connectivity index (χ1v) is 7.26. The molecule has 120 valence electrons. The summed E-state index contributed by atoms with van der Waals surface area (Å²) in [6.45, 7) is 0. The Balaban J connectivity index is 2.23. The van der Waals surface area contributed by atoms with Gasteiger partial charge in [-0.05, 0) is 51.8 Å². The van der Waals surface area contributed by atoms with Gasteiger partial charge in [0.05, 0.1) is 7.11 Å². The van der Waals surface area contributed by atoms with E-state index in [1.807, 2.05) is 5.43 Å². The van der Waals surface area contributed by atoms with Gasteiger partial charge in [-0.3, -0.25) is 15.0 Å². The van der Waals surface area contributed by atoms with Crippen LogP contribution in [-0.2, 0) is 4.79 Å². The Morgan fingerprint density at radius 1 is 1.22 bits per heavy atom. The topological polar surface area (TPSA) is 107 Å². The highest BCUT2D eigenvalue weighted by molar-refractivity contribution is 9.10. The molecule has 0 fully saturated rings. The monoisotopic (exact) mass is 379 g/mol. The van der Waals surface area contributed by atoms with E-state index in [9.17, 15) is 9.59 Å². The van der Waals surface area contributed by atoms with E-state index < -0.39 is 11.8 Å². The second kappa shape index (κ2) is 7.61. The molecule has 0 atom stereocenters. The highest BCUT2D eigenvalue weighted by Gasteiger charge is 2.16. The van der Waals surface area contributed by atoms with Crippen molar-refractivity contribution in [2.45, 2.75) is 0 Å². The highest BCUT2D eigenvalue weighted by Crippen LogP contribution is 2.16. The Hall–Kier alpha value is -2.58.